The lowest BCUT2D eigenvalue weighted by atomic mass is 10.2. The van der Waals surface area contributed by atoms with Gasteiger partial charge in [0, 0.05) is 13.1 Å². The molecule has 0 aliphatic heterocycles. The molecule has 0 bridgehead atoms. The minimum Gasteiger partial charge on any atom is -0.357 e. The molecule has 0 spiro atoms. The van der Waals surface area contributed by atoms with Crippen LogP contribution in [0.3, 0.4) is 0 Å². The first kappa shape index (κ1) is 21.2. The van der Waals surface area contributed by atoms with E-state index in [0.29, 0.717) is 19.0 Å². The van der Waals surface area contributed by atoms with Gasteiger partial charge in [0.05, 0.1) is 18.7 Å². The number of aromatic nitrogens is 3. The van der Waals surface area contributed by atoms with Gasteiger partial charge in [-0.2, -0.15) is 18.3 Å². The summed E-state index contributed by atoms with van der Waals surface area (Å²) in [7, 11) is 0. The first-order valence-corrected chi connectivity index (χ1v) is 7.51. The van der Waals surface area contributed by atoms with Gasteiger partial charge in [-0.3, -0.25) is 0 Å². The molecule has 2 N–H and O–H groups in total. The second-order valence-electron chi connectivity index (χ2n) is 4.99. The Kier molecular flexibility index (Phi) is 8.66. The van der Waals surface area contributed by atoms with Crippen molar-refractivity contribution in [2.75, 3.05) is 13.1 Å². The molecule has 6 nitrogen and oxygen atoms in total. The third-order valence-electron chi connectivity index (χ3n) is 3.08. The molecule has 1 heterocycles. The first-order valence-electron chi connectivity index (χ1n) is 7.51. The Balaban J connectivity index is 0.00000312. The van der Waals surface area contributed by atoms with Crippen molar-refractivity contribution in [3.8, 4) is 5.69 Å². The molecular formula is C15H20F3IN6. The summed E-state index contributed by atoms with van der Waals surface area (Å²) in [5.74, 6) is 0.363. The van der Waals surface area contributed by atoms with Gasteiger partial charge in [-0.05, 0) is 24.6 Å². The lowest BCUT2D eigenvalue weighted by Gasteiger charge is -2.12. The smallest absolute Gasteiger partial charge is 0.357 e. The molecule has 0 fully saturated rings. The Morgan fingerprint density at radius 3 is 2.48 bits per heavy atom. The fourth-order valence-corrected chi connectivity index (χ4v) is 1.93. The number of aliphatic imine (C=N–C) groups is 1. The number of hydrogen-bond acceptors (Lipinski definition) is 3. The Labute approximate surface area is 161 Å². The van der Waals surface area contributed by atoms with E-state index >= 15 is 0 Å². The van der Waals surface area contributed by atoms with E-state index < -0.39 is 12.6 Å². The van der Waals surface area contributed by atoms with E-state index in [1.54, 1.807) is 11.0 Å². The summed E-state index contributed by atoms with van der Waals surface area (Å²) in [6.45, 7) is 2.58. The highest BCUT2D eigenvalue weighted by Gasteiger charge is 2.26. The average Bonchev–Trinajstić information content (AvgIpc) is 3.06. The molecule has 0 amide bonds. The summed E-state index contributed by atoms with van der Waals surface area (Å²) < 4.78 is 38.2. The Morgan fingerprint density at radius 1 is 1.20 bits per heavy atom. The number of rotatable bonds is 6. The van der Waals surface area contributed by atoms with E-state index in [1.807, 2.05) is 31.2 Å². The van der Waals surface area contributed by atoms with E-state index in [4.69, 9.17) is 0 Å². The largest absolute Gasteiger partial charge is 0.390 e. The van der Waals surface area contributed by atoms with Crippen LogP contribution >= 0.6 is 24.0 Å². The predicted molar refractivity (Wildman–Crippen MR) is 100 cm³/mol. The summed E-state index contributed by atoms with van der Waals surface area (Å²) >= 11 is 0. The van der Waals surface area contributed by atoms with Gasteiger partial charge >= 0.3 is 6.18 Å². The minimum atomic E-state index is -4.18. The van der Waals surface area contributed by atoms with Crippen molar-refractivity contribution >= 4 is 29.9 Å². The van der Waals surface area contributed by atoms with Gasteiger partial charge in [-0.25, -0.2) is 14.7 Å². The summed E-state index contributed by atoms with van der Waals surface area (Å²) in [6.07, 6.45) is -2.03. The lowest BCUT2D eigenvalue weighted by molar-refractivity contribution is -0.132. The highest BCUT2D eigenvalue weighted by Crippen LogP contribution is 2.18. The molecule has 0 atom stereocenters. The third-order valence-corrected chi connectivity index (χ3v) is 3.08. The molecule has 0 saturated carbocycles. The van der Waals surface area contributed by atoms with E-state index in [2.05, 4.69) is 25.7 Å². The standard InChI is InChI=1S/C15H19F3N6.HI/c1-2-20-14(21-8-7-15(16,17)18)22-9-12-3-5-13(6-4-12)24-11-19-10-23-24;/h3-6,10-11H,2,7-9H2,1H3,(H2,20,21,22);1H. The van der Waals surface area contributed by atoms with Crippen LogP contribution in [0.2, 0.25) is 0 Å². The molecule has 0 aliphatic carbocycles. The number of benzene rings is 1. The van der Waals surface area contributed by atoms with E-state index in [9.17, 15) is 13.2 Å². The maximum Gasteiger partial charge on any atom is 0.390 e. The van der Waals surface area contributed by atoms with E-state index in [-0.39, 0.29) is 30.5 Å². The zero-order valence-electron chi connectivity index (χ0n) is 13.6. The van der Waals surface area contributed by atoms with E-state index in [1.165, 1.54) is 6.33 Å². The zero-order valence-corrected chi connectivity index (χ0v) is 16.0. The summed E-state index contributed by atoms with van der Waals surface area (Å²) in [4.78, 5) is 8.17. The van der Waals surface area contributed by atoms with Crippen LogP contribution in [0, 0.1) is 0 Å². The van der Waals surface area contributed by atoms with Crippen LogP contribution < -0.4 is 10.6 Å². The molecule has 0 unspecified atom stereocenters. The van der Waals surface area contributed by atoms with Gasteiger partial charge in [-0.15, -0.1) is 24.0 Å². The van der Waals surface area contributed by atoms with Crippen LogP contribution in [0.1, 0.15) is 18.9 Å². The zero-order chi connectivity index (χ0) is 17.4. The van der Waals surface area contributed by atoms with Crippen molar-refractivity contribution in [3.05, 3.63) is 42.5 Å². The van der Waals surface area contributed by atoms with Crippen molar-refractivity contribution in [2.24, 2.45) is 4.99 Å². The van der Waals surface area contributed by atoms with Gasteiger partial charge in [-0.1, -0.05) is 12.1 Å². The van der Waals surface area contributed by atoms with Crippen molar-refractivity contribution in [1.82, 2.24) is 25.4 Å². The first-order chi connectivity index (χ1) is 11.5. The molecule has 10 heteroatoms. The number of guanidine groups is 1. The molecule has 0 saturated heterocycles. The maximum absolute atomic E-state index is 12.2. The van der Waals surface area contributed by atoms with Gasteiger partial charge in [0.1, 0.15) is 12.7 Å². The van der Waals surface area contributed by atoms with Gasteiger partial charge in [0.2, 0.25) is 0 Å². The normalized spacial score (nSPS) is 11.8. The van der Waals surface area contributed by atoms with Crippen LogP contribution in [0.15, 0.2) is 41.9 Å². The van der Waals surface area contributed by atoms with Crippen LogP contribution in [-0.2, 0) is 6.54 Å². The summed E-state index contributed by atoms with van der Waals surface area (Å²) in [5, 5.41) is 9.63. The van der Waals surface area contributed by atoms with Crippen LogP contribution in [-0.4, -0.2) is 40.0 Å². The van der Waals surface area contributed by atoms with E-state index in [0.717, 1.165) is 11.3 Å². The fourth-order valence-electron chi connectivity index (χ4n) is 1.93. The van der Waals surface area contributed by atoms with Gasteiger partial charge in [0.25, 0.3) is 0 Å². The molecule has 138 valence electrons. The Hall–Kier alpha value is -1.85. The van der Waals surface area contributed by atoms with Crippen LogP contribution in [0.25, 0.3) is 5.69 Å². The maximum atomic E-state index is 12.2. The molecule has 2 aromatic rings. The average molecular weight is 468 g/mol. The molecule has 25 heavy (non-hydrogen) atoms. The second kappa shape index (κ2) is 10.2. The molecule has 1 aromatic carbocycles. The monoisotopic (exact) mass is 468 g/mol. The summed E-state index contributed by atoms with van der Waals surface area (Å²) in [6, 6.07) is 7.53. The molecule has 1 aromatic heterocycles. The number of nitrogens with one attached hydrogen (secondary N) is 2. The fraction of sp³-hybridized carbons (Fsp3) is 0.400. The minimum absolute atomic E-state index is 0. The van der Waals surface area contributed by atoms with Crippen LogP contribution in [0.4, 0.5) is 13.2 Å². The molecule has 0 radical (unpaired) electrons. The molecule has 0 aliphatic rings. The SMILES string of the molecule is CCNC(=NCc1ccc(-n2cncn2)cc1)NCCC(F)(F)F.I. The molecule has 2 rings (SSSR count). The van der Waals surface area contributed by atoms with Crippen molar-refractivity contribution in [2.45, 2.75) is 26.1 Å². The second-order valence-corrected chi connectivity index (χ2v) is 4.99. The van der Waals surface area contributed by atoms with Crippen molar-refractivity contribution < 1.29 is 13.2 Å². The van der Waals surface area contributed by atoms with Gasteiger partial charge in [0.15, 0.2) is 5.96 Å². The lowest BCUT2D eigenvalue weighted by Crippen LogP contribution is -2.38. The highest BCUT2D eigenvalue weighted by molar-refractivity contribution is 14.0. The number of alkyl halides is 3. The number of nitrogens with zero attached hydrogens (tertiary/aromatic N) is 4. The number of hydrogen-bond donors (Lipinski definition) is 2. The quantitative estimate of drug-likeness (QED) is 0.389. The van der Waals surface area contributed by atoms with Crippen LogP contribution in [0.5, 0.6) is 0 Å². The highest BCUT2D eigenvalue weighted by atomic mass is 127. The topological polar surface area (TPSA) is 67.1 Å². The summed E-state index contributed by atoms with van der Waals surface area (Å²) in [5.41, 5.74) is 1.81. The van der Waals surface area contributed by atoms with Crippen molar-refractivity contribution in [1.29, 1.82) is 0 Å². The van der Waals surface area contributed by atoms with Crippen molar-refractivity contribution in [3.63, 3.8) is 0 Å². The Bertz CT molecular complexity index is 640. The molecular weight excluding hydrogens is 448 g/mol. The predicted octanol–water partition coefficient (Wildman–Crippen LogP) is 2.89. The number of halogens is 4. The third kappa shape index (κ3) is 7.71. The Morgan fingerprint density at radius 2 is 1.92 bits per heavy atom. The van der Waals surface area contributed by atoms with Gasteiger partial charge < -0.3 is 10.6 Å².